The lowest BCUT2D eigenvalue weighted by Crippen LogP contribution is -2.03. The van der Waals surface area contributed by atoms with Crippen molar-refractivity contribution >= 4 is 22.6 Å². The molecule has 2 aromatic carbocycles. The maximum absolute atomic E-state index is 12.7. The summed E-state index contributed by atoms with van der Waals surface area (Å²) < 4.78 is 44.0. The molecule has 0 bridgehead atoms. The van der Waals surface area contributed by atoms with Crippen LogP contribution in [0.25, 0.3) is 16.1 Å². The number of rotatable bonds is 5. The Morgan fingerprint density at radius 2 is 1.79 bits per heavy atom. The van der Waals surface area contributed by atoms with Gasteiger partial charge in [-0.05, 0) is 43.7 Å². The number of aryl methyl sites for hydroxylation is 1. The van der Waals surface area contributed by atoms with Gasteiger partial charge in [0.1, 0.15) is 10.8 Å². The summed E-state index contributed by atoms with van der Waals surface area (Å²) >= 11 is 1.48. The van der Waals surface area contributed by atoms with Crippen LogP contribution in [0.1, 0.15) is 28.6 Å². The fraction of sp³-hybridized carbons (Fsp3) is 0.227. The fourth-order valence-corrected chi connectivity index (χ4v) is 4.17. The summed E-state index contributed by atoms with van der Waals surface area (Å²) in [6.45, 7) is 4.42. The first-order chi connectivity index (χ1) is 13.8. The summed E-state index contributed by atoms with van der Waals surface area (Å²) in [5, 5.41) is 5.07. The molecule has 0 saturated heterocycles. The standard InChI is InChI=1S/C22H18F3N2OS/c1-13-12-26-19-11-17(7-8-18(13)19)28-10-9-20-14(2)27-21(29-20)15-3-5-16(6-4-15)22(23,24)25/h3-8,11-12H,9-10H2,1-2H3. The summed E-state index contributed by atoms with van der Waals surface area (Å²) in [6.07, 6.45) is -1.81. The van der Waals surface area contributed by atoms with Crippen LogP contribution in [-0.2, 0) is 12.6 Å². The Morgan fingerprint density at radius 1 is 1.03 bits per heavy atom. The van der Waals surface area contributed by atoms with Crippen molar-refractivity contribution in [2.45, 2.75) is 26.4 Å². The topological polar surface area (TPSA) is 36.2 Å². The number of fused-ring (bicyclic) bond motifs is 1. The van der Waals surface area contributed by atoms with Gasteiger partial charge in [0.15, 0.2) is 0 Å². The Hall–Kier alpha value is -2.80. The van der Waals surface area contributed by atoms with Gasteiger partial charge in [-0.1, -0.05) is 12.1 Å². The summed E-state index contributed by atoms with van der Waals surface area (Å²) in [7, 11) is 0. The van der Waals surface area contributed by atoms with Crippen molar-refractivity contribution in [3.05, 3.63) is 70.4 Å². The molecule has 0 atom stereocenters. The molecule has 0 aliphatic carbocycles. The third kappa shape index (κ3) is 4.15. The molecule has 1 aliphatic heterocycles. The highest BCUT2D eigenvalue weighted by atomic mass is 32.1. The van der Waals surface area contributed by atoms with E-state index in [1.165, 1.54) is 23.5 Å². The first kappa shape index (κ1) is 19.5. The zero-order valence-electron chi connectivity index (χ0n) is 15.9. The van der Waals surface area contributed by atoms with Crippen LogP contribution in [0, 0.1) is 6.92 Å². The zero-order valence-corrected chi connectivity index (χ0v) is 16.7. The van der Waals surface area contributed by atoms with E-state index in [1.807, 2.05) is 38.2 Å². The van der Waals surface area contributed by atoms with Crippen molar-refractivity contribution in [2.24, 2.45) is 0 Å². The van der Waals surface area contributed by atoms with Crippen molar-refractivity contribution in [2.75, 3.05) is 6.61 Å². The first-order valence-corrected chi connectivity index (χ1v) is 9.92. The summed E-state index contributed by atoms with van der Waals surface area (Å²) in [5.74, 6) is 0.765. The minimum absolute atomic E-state index is 0.487. The van der Waals surface area contributed by atoms with E-state index >= 15 is 0 Å². The Balaban J connectivity index is 1.40. The minimum atomic E-state index is -4.33. The van der Waals surface area contributed by atoms with Gasteiger partial charge in [-0.25, -0.2) is 4.98 Å². The molecule has 0 spiro atoms. The summed E-state index contributed by atoms with van der Waals surface area (Å²) in [6, 6.07) is 11.0. The second-order valence-corrected chi connectivity index (χ2v) is 7.90. The predicted octanol–water partition coefficient (Wildman–Crippen LogP) is 6.37. The Bertz CT molecular complexity index is 1070. The predicted molar refractivity (Wildman–Crippen MR) is 108 cm³/mol. The van der Waals surface area contributed by atoms with Gasteiger partial charge in [0, 0.05) is 34.7 Å². The quantitative estimate of drug-likeness (QED) is 0.485. The van der Waals surface area contributed by atoms with Crippen LogP contribution in [0.2, 0.25) is 0 Å². The molecule has 0 saturated carbocycles. The normalized spacial score (nSPS) is 13.1. The average Bonchev–Trinajstić information content (AvgIpc) is 3.24. The average molecular weight is 415 g/mol. The van der Waals surface area contributed by atoms with Crippen molar-refractivity contribution in [3.8, 4) is 16.3 Å². The molecule has 0 amide bonds. The van der Waals surface area contributed by atoms with E-state index in [0.29, 0.717) is 23.6 Å². The molecular formula is C22H18F3N2OS. The van der Waals surface area contributed by atoms with Crippen molar-refractivity contribution in [3.63, 3.8) is 0 Å². The Morgan fingerprint density at radius 3 is 2.52 bits per heavy atom. The van der Waals surface area contributed by atoms with Crippen molar-refractivity contribution in [1.29, 1.82) is 0 Å². The Kier molecular flexibility index (Phi) is 5.08. The van der Waals surface area contributed by atoms with Crippen LogP contribution in [0.5, 0.6) is 5.75 Å². The highest BCUT2D eigenvalue weighted by molar-refractivity contribution is 7.15. The molecule has 2 heterocycles. The van der Waals surface area contributed by atoms with E-state index in [-0.39, 0.29) is 0 Å². The fourth-order valence-electron chi connectivity index (χ4n) is 3.12. The molecule has 29 heavy (non-hydrogen) atoms. The monoisotopic (exact) mass is 415 g/mol. The lowest BCUT2D eigenvalue weighted by Gasteiger charge is -2.08. The SMILES string of the molecule is CC1=C[N]c2cc(OCCc3sc(-c4ccc(C(F)(F)F)cc4)nc3C)ccc21. The molecule has 1 aromatic heterocycles. The maximum atomic E-state index is 12.7. The molecule has 4 rings (SSSR count). The second-order valence-electron chi connectivity index (χ2n) is 6.82. The number of aromatic nitrogens is 1. The molecule has 149 valence electrons. The van der Waals surface area contributed by atoms with E-state index in [1.54, 1.807) is 0 Å². The molecule has 0 unspecified atom stereocenters. The lowest BCUT2D eigenvalue weighted by atomic mass is 10.1. The van der Waals surface area contributed by atoms with Gasteiger partial charge in [-0.3, -0.25) is 5.32 Å². The number of ether oxygens (including phenoxy) is 1. The largest absolute Gasteiger partial charge is 0.493 e. The number of halogens is 3. The van der Waals surface area contributed by atoms with E-state index in [4.69, 9.17) is 4.74 Å². The summed E-state index contributed by atoms with van der Waals surface area (Å²) in [5.41, 5.74) is 4.08. The number of allylic oxidation sites excluding steroid dienone is 1. The number of benzene rings is 2. The highest BCUT2D eigenvalue weighted by Gasteiger charge is 2.30. The third-order valence-electron chi connectivity index (χ3n) is 4.74. The second kappa shape index (κ2) is 7.55. The molecule has 7 heteroatoms. The van der Waals surface area contributed by atoms with Crippen LogP contribution < -0.4 is 10.1 Å². The highest BCUT2D eigenvalue weighted by Crippen LogP contribution is 2.34. The minimum Gasteiger partial charge on any atom is -0.493 e. The van der Waals surface area contributed by atoms with Crippen LogP contribution in [-0.4, -0.2) is 11.6 Å². The molecule has 1 radical (unpaired) electrons. The summed E-state index contributed by atoms with van der Waals surface area (Å²) in [4.78, 5) is 5.57. The first-order valence-electron chi connectivity index (χ1n) is 9.10. The number of hydrogen-bond donors (Lipinski definition) is 0. The van der Waals surface area contributed by atoms with E-state index in [9.17, 15) is 13.2 Å². The number of thiazole rings is 1. The van der Waals surface area contributed by atoms with Gasteiger partial charge < -0.3 is 4.74 Å². The van der Waals surface area contributed by atoms with Crippen molar-refractivity contribution in [1.82, 2.24) is 10.3 Å². The van der Waals surface area contributed by atoms with Crippen LogP contribution in [0.4, 0.5) is 18.9 Å². The molecule has 0 N–H and O–H groups in total. The van der Waals surface area contributed by atoms with E-state index < -0.39 is 11.7 Å². The van der Waals surface area contributed by atoms with Gasteiger partial charge in [-0.15, -0.1) is 11.3 Å². The van der Waals surface area contributed by atoms with Gasteiger partial charge in [-0.2, -0.15) is 13.2 Å². The maximum Gasteiger partial charge on any atom is 0.416 e. The van der Waals surface area contributed by atoms with E-state index in [0.717, 1.165) is 45.3 Å². The van der Waals surface area contributed by atoms with Crippen LogP contribution in [0.15, 0.2) is 48.7 Å². The molecular weight excluding hydrogens is 397 g/mol. The molecule has 3 aromatic rings. The van der Waals surface area contributed by atoms with E-state index in [2.05, 4.69) is 10.3 Å². The van der Waals surface area contributed by atoms with Gasteiger partial charge >= 0.3 is 6.18 Å². The third-order valence-corrected chi connectivity index (χ3v) is 6.01. The lowest BCUT2D eigenvalue weighted by molar-refractivity contribution is -0.137. The smallest absolute Gasteiger partial charge is 0.416 e. The molecule has 3 nitrogen and oxygen atoms in total. The van der Waals surface area contributed by atoms with Crippen LogP contribution >= 0.6 is 11.3 Å². The molecule has 0 fully saturated rings. The number of nitrogens with zero attached hydrogens (tertiary/aromatic N) is 2. The zero-order chi connectivity index (χ0) is 20.6. The van der Waals surface area contributed by atoms with Crippen molar-refractivity contribution < 1.29 is 17.9 Å². The number of alkyl halides is 3. The van der Waals surface area contributed by atoms with Gasteiger partial charge in [0.2, 0.25) is 0 Å². The Labute approximate surface area is 170 Å². The van der Waals surface area contributed by atoms with Gasteiger partial charge in [0.05, 0.1) is 23.6 Å². The van der Waals surface area contributed by atoms with Gasteiger partial charge in [0.25, 0.3) is 0 Å². The molecule has 1 aliphatic rings. The number of hydrogen-bond acceptors (Lipinski definition) is 3. The van der Waals surface area contributed by atoms with Crippen LogP contribution in [0.3, 0.4) is 0 Å².